The number of hydrogen-bond donors (Lipinski definition) is 1. The van der Waals surface area contributed by atoms with E-state index in [0.717, 1.165) is 34.6 Å². The summed E-state index contributed by atoms with van der Waals surface area (Å²) in [7, 11) is 0. The number of nitrogens with two attached hydrogens (primary N) is 1. The Hall–Kier alpha value is -1.32. The molecule has 2 N–H and O–H groups in total. The van der Waals surface area contributed by atoms with E-state index in [2.05, 4.69) is 9.88 Å². The van der Waals surface area contributed by atoms with Crippen LogP contribution in [0.3, 0.4) is 0 Å². The van der Waals surface area contributed by atoms with Crippen molar-refractivity contribution in [3.63, 3.8) is 0 Å². The first-order valence-electron chi connectivity index (χ1n) is 6.76. The fourth-order valence-corrected chi connectivity index (χ4v) is 3.10. The van der Waals surface area contributed by atoms with Gasteiger partial charge in [0, 0.05) is 30.7 Å². The molecule has 3 nitrogen and oxygen atoms in total. The van der Waals surface area contributed by atoms with E-state index in [1.807, 2.05) is 31.3 Å². The first-order chi connectivity index (χ1) is 9.18. The summed E-state index contributed by atoms with van der Waals surface area (Å²) in [4.78, 5) is 6.94. The van der Waals surface area contributed by atoms with Gasteiger partial charge in [-0.3, -0.25) is 4.98 Å². The molecule has 0 spiro atoms. The summed E-state index contributed by atoms with van der Waals surface area (Å²) in [6.07, 6.45) is 4.29. The number of hydrogen-bond acceptors (Lipinski definition) is 3. The molecule has 0 aliphatic carbocycles. The van der Waals surface area contributed by atoms with Crippen molar-refractivity contribution in [1.29, 1.82) is 0 Å². The molecular formula is C15H18ClN3. The highest BCUT2D eigenvalue weighted by Gasteiger charge is 2.22. The standard InChI is InChI=1S/C15H18ClN3/c1-10(17)12-9-13(16)11-5-4-6-18-14(11)15(12)19-7-2-3-8-19/h4-6,9-10H,2-3,7-8,17H2,1H3. The Morgan fingerprint density at radius 1 is 1.37 bits per heavy atom. The number of rotatable bonds is 2. The van der Waals surface area contributed by atoms with Crippen molar-refractivity contribution in [2.24, 2.45) is 5.73 Å². The van der Waals surface area contributed by atoms with E-state index < -0.39 is 0 Å². The first-order valence-corrected chi connectivity index (χ1v) is 7.14. The van der Waals surface area contributed by atoms with Gasteiger partial charge in [-0.2, -0.15) is 0 Å². The molecule has 1 aromatic heterocycles. The van der Waals surface area contributed by atoms with Crippen LogP contribution in [-0.4, -0.2) is 18.1 Å². The number of fused-ring (bicyclic) bond motifs is 1. The lowest BCUT2D eigenvalue weighted by molar-refractivity contribution is 0.807. The van der Waals surface area contributed by atoms with E-state index in [1.54, 1.807) is 0 Å². The minimum Gasteiger partial charge on any atom is -0.370 e. The number of benzene rings is 1. The minimum atomic E-state index is -0.0421. The summed E-state index contributed by atoms with van der Waals surface area (Å²) in [5, 5.41) is 1.74. The zero-order valence-electron chi connectivity index (χ0n) is 11.1. The van der Waals surface area contributed by atoms with E-state index in [0.29, 0.717) is 0 Å². The van der Waals surface area contributed by atoms with Crippen molar-refractivity contribution in [3.05, 3.63) is 35.0 Å². The molecule has 0 bridgehead atoms. The van der Waals surface area contributed by atoms with Crippen molar-refractivity contribution in [1.82, 2.24) is 4.98 Å². The van der Waals surface area contributed by atoms with Crippen LogP contribution in [0.1, 0.15) is 31.4 Å². The van der Waals surface area contributed by atoms with Crippen LogP contribution in [0.15, 0.2) is 24.4 Å². The second kappa shape index (κ2) is 4.99. The fraction of sp³-hybridized carbons (Fsp3) is 0.400. The van der Waals surface area contributed by atoms with Gasteiger partial charge in [0.15, 0.2) is 0 Å². The molecule has 1 aliphatic heterocycles. The van der Waals surface area contributed by atoms with E-state index >= 15 is 0 Å². The Labute approximate surface area is 118 Å². The quantitative estimate of drug-likeness (QED) is 0.912. The lowest BCUT2D eigenvalue weighted by Gasteiger charge is -2.25. The maximum Gasteiger partial charge on any atom is 0.0953 e. The molecule has 1 fully saturated rings. The average molecular weight is 276 g/mol. The maximum atomic E-state index is 6.37. The van der Waals surface area contributed by atoms with Crippen LogP contribution >= 0.6 is 11.6 Å². The van der Waals surface area contributed by atoms with Crippen LogP contribution in [-0.2, 0) is 0 Å². The average Bonchev–Trinajstić information content (AvgIpc) is 2.92. The number of aromatic nitrogens is 1. The third kappa shape index (κ3) is 2.17. The largest absolute Gasteiger partial charge is 0.370 e. The van der Waals surface area contributed by atoms with E-state index in [1.165, 1.54) is 18.5 Å². The van der Waals surface area contributed by atoms with Crippen molar-refractivity contribution < 1.29 is 0 Å². The van der Waals surface area contributed by atoms with E-state index in [4.69, 9.17) is 17.3 Å². The van der Waals surface area contributed by atoms with Crippen LogP contribution in [0.25, 0.3) is 10.9 Å². The van der Waals surface area contributed by atoms with Gasteiger partial charge in [0.2, 0.25) is 0 Å². The molecule has 1 unspecified atom stereocenters. The van der Waals surface area contributed by atoms with E-state index in [-0.39, 0.29) is 6.04 Å². The minimum absolute atomic E-state index is 0.0421. The second-order valence-electron chi connectivity index (χ2n) is 5.18. The van der Waals surface area contributed by atoms with Gasteiger partial charge < -0.3 is 10.6 Å². The van der Waals surface area contributed by atoms with Crippen molar-refractivity contribution >= 4 is 28.2 Å². The van der Waals surface area contributed by atoms with Crippen molar-refractivity contribution in [2.75, 3.05) is 18.0 Å². The molecule has 0 saturated carbocycles. The van der Waals surface area contributed by atoms with Gasteiger partial charge in [0.1, 0.15) is 0 Å². The third-order valence-electron chi connectivity index (χ3n) is 3.76. The molecule has 1 aliphatic rings. The highest BCUT2D eigenvalue weighted by Crippen LogP contribution is 2.38. The van der Waals surface area contributed by atoms with Crippen molar-refractivity contribution in [3.8, 4) is 0 Å². The lowest BCUT2D eigenvalue weighted by Crippen LogP contribution is -2.22. The normalized spacial score (nSPS) is 17.1. The zero-order chi connectivity index (χ0) is 13.4. The zero-order valence-corrected chi connectivity index (χ0v) is 11.8. The van der Waals surface area contributed by atoms with Gasteiger partial charge in [0.25, 0.3) is 0 Å². The highest BCUT2D eigenvalue weighted by atomic mass is 35.5. The summed E-state index contributed by atoms with van der Waals surface area (Å²) in [5.74, 6) is 0. The van der Waals surface area contributed by atoms with Crippen LogP contribution in [0.5, 0.6) is 0 Å². The van der Waals surface area contributed by atoms with Gasteiger partial charge in [-0.15, -0.1) is 0 Å². The number of anilines is 1. The Kier molecular flexibility index (Phi) is 3.33. The molecule has 1 aromatic carbocycles. The number of nitrogens with zero attached hydrogens (tertiary/aromatic N) is 2. The summed E-state index contributed by atoms with van der Waals surface area (Å²) >= 11 is 6.37. The van der Waals surface area contributed by atoms with Gasteiger partial charge in [-0.25, -0.2) is 0 Å². The number of pyridine rings is 1. The monoisotopic (exact) mass is 275 g/mol. The van der Waals surface area contributed by atoms with Gasteiger partial charge in [-0.1, -0.05) is 11.6 Å². The molecule has 0 radical (unpaired) electrons. The summed E-state index contributed by atoms with van der Waals surface area (Å²) in [6, 6.07) is 5.91. The maximum absolute atomic E-state index is 6.37. The summed E-state index contributed by atoms with van der Waals surface area (Å²) in [6.45, 7) is 4.15. The molecule has 0 amide bonds. The first kappa shape index (κ1) is 12.7. The van der Waals surface area contributed by atoms with Crippen LogP contribution in [0, 0.1) is 0 Å². The summed E-state index contributed by atoms with van der Waals surface area (Å²) < 4.78 is 0. The smallest absolute Gasteiger partial charge is 0.0953 e. The topological polar surface area (TPSA) is 42.1 Å². The molecule has 1 atom stereocenters. The Morgan fingerprint density at radius 2 is 2.11 bits per heavy atom. The van der Waals surface area contributed by atoms with Gasteiger partial charge in [0.05, 0.1) is 16.2 Å². The third-order valence-corrected chi connectivity index (χ3v) is 4.07. The van der Waals surface area contributed by atoms with Gasteiger partial charge >= 0.3 is 0 Å². The lowest BCUT2D eigenvalue weighted by atomic mass is 10.0. The molecule has 1 saturated heterocycles. The molecule has 4 heteroatoms. The highest BCUT2D eigenvalue weighted by molar-refractivity contribution is 6.36. The van der Waals surface area contributed by atoms with Crippen LogP contribution < -0.4 is 10.6 Å². The van der Waals surface area contributed by atoms with Crippen LogP contribution in [0.4, 0.5) is 5.69 Å². The molecule has 19 heavy (non-hydrogen) atoms. The second-order valence-corrected chi connectivity index (χ2v) is 5.59. The molecule has 2 heterocycles. The van der Waals surface area contributed by atoms with Crippen LogP contribution in [0.2, 0.25) is 5.02 Å². The van der Waals surface area contributed by atoms with Gasteiger partial charge in [-0.05, 0) is 43.5 Å². The predicted octanol–water partition coefficient (Wildman–Crippen LogP) is 3.51. The van der Waals surface area contributed by atoms with Crippen molar-refractivity contribution in [2.45, 2.75) is 25.8 Å². The number of halogens is 1. The SMILES string of the molecule is CC(N)c1cc(Cl)c2cccnc2c1N1CCCC1. The Morgan fingerprint density at radius 3 is 2.79 bits per heavy atom. The fourth-order valence-electron chi connectivity index (χ4n) is 2.83. The summed E-state index contributed by atoms with van der Waals surface area (Å²) in [5.41, 5.74) is 9.37. The van der Waals surface area contributed by atoms with E-state index in [9.17, 15) is 0 Å². The molecular weight excluding hydrogens is 258 g/mol. The Bertz CT molecular complexity index is 604. The molecule has 3 rings (SSSR count). The molecule has 2 aromatic rings. The molecule has 100 valence electrons. The Balaban J connectivity index is 2.30. The predicted molar refractivity (Wildman–Crippen MR) is 80.8 cm³/mol.